The molecular weight excluding hydrogens is 502 g/mol. The SMILES string of the molecule is CN1C(=O)C(C)(C)c2cc(-n3cc(OC(=O)O)c(=O)n(Cc4cccc(F)c4C(F)(F)F)c3=O)ccc21. The van der Waals surface area contributed by atoms with Crippen LogP contribution < -0.4 is 20.9 Å². The number of alkyl halides is 3. The summed E-state index contributed by atoms with van der Waals surface area (Å²) >= 11 is 0. The average molecular weight is 521 g/mol. The van der Waals surface area contributed by atoms with Crippen LogP contribution in [0.4, 0.5) is 28.0 Å². The third kappa shape index (κ3) is 4.26. The number of benzene rings is 2. The zero-order valence-corrected chi connectivity index (χ0v) is 19.6. The van der Waals surface area contributed by atoms with Gasteiger partial charge in [-0.25, -0.2) is 14.0 Å². The first kappa shape index (κ1) is 25.7. The zero-order chi connectivity index (χ0) is 27.4. The molecule has 1 aromatic heterocycles. The van der Waals surface area contributed by atoms with E-state index < -0.39 is 58.2 Å². The molecule has 1 aliphatic heterocycles. The second kappa shape index (κ2) is 8.61. The summed E-state index contributed by atoms with van der Waals surface area (Å²) < 4.78 is 60.3. The van der Waals surface area contributed by atoms with Crippen LogP contribution in [0.15, 0.2) is 52.2 Å². The van der Waals surface area contributed by atoms with Gasteiger partial charge in [0.15, 0.2) is 0 Å². The Labute approximate surface area is 205 Å². The molecule has 0 saturated carbocycles. The van der Waals surface area contributed by atoms with Gasteiger partial charge in [0, 0.05) is 12.7 Å². The van der Waals surface area contributed by atoms with Gasteiger partial charge in [-0.05, 0) is 49.2 Å². The molecular formula is C24H19F4N3O6. The molecule has 194 valence electrons. The van der Waals surface area contributed by atoms with Gasteiger partial charge in [0.2, 0.25) is 11.7 Å². The van der Waals surface area contributed by atoms with Gasteiger partial charge in [-0.2, -0.15) is 13.2 Å². The predicted octanol–water partition coefficient (Wildman–Crippen LogP) is 3.52. The number of anilines is 1. The summed E-state index contributed by atoms with van der Waals surface area (Å²) in [6.45, 7) is 2.29. The molecule has 0 bridgehead atoms. The van der Waals surface area contributed by atoms with Crippen molar-refractivity contribution in [3.05, 3.63) is 85.9 Å². The Morgan fingerprint density at radius 3 is 2.41 bits per heavy atom. The normalized spacial score (nSPS) is 14.6. The highest BCUT2D eigenvalue weighted by Gasteiger charge is 2.42. The molecule has 13 heteroatoms. The van der Waals surface area contributed by atoms with Crippen LogP contribution in [0.1, 0.15) is 30.5 Å². The number of amides is 1. The number of nitrogens with zero attached hydrogens (tertiary/aromatic N) is 3. The molecule has 37 heavy (non-hydrogen) atoms. The van der Waals surface area contributed by atoms with Gasteiger partial charge in [0.25, 0.3) is 5.56 Å². The molecule has 3 aromatic rings. The van der Waals surface area contributed by atoms with Crippen LogP contribution in [0, 0.1) is 5.82 Å². The Kier molecular flexibility index (Phi) is 5.97. The number of carbonyl (C=O) groups excluding carboxylic acids is 1. The van der Waals surface area contributed by atoms with Gasteiger partial charge >= 0.3 is 18.0 Å². The molecule has 1 N–H and O–H groups in total. The van der Waals surface area contributed by atoms with Crippen molar-refractivity contribution in [3.8, 4) is 11.4 Å². The van der Waals surface area contributed by atoms with E-state index in [4.69, 9.17) is 5.11 Å². The predicted molar refractivity (Wildman–Crippen MR) is 122 cm³/mol. The van der Waals surface area contributed by atoms with Crippen molar-refractivity contribution < 1.29 is 37.0 Å². The van der Waals surface area contributed by atoms with Crippen LogP contribution in [0.5, 0.6) is 5.75 Å². The fourth-order valence-electron chi connectivity index (χ4n) is 4.37. The molecule has 0 atom stereocenters. The van der Waals surface area contributed by atoms with Crippen molar-refractivity contribution in [3.63, 3.8) is 0 Å². The zero-order valence-electron chi connectivity index (χ0n) is 19.6. The largest absolute Gasteiger partial charge is 0.511 e. The van der Waals surface area contributed by atoms with Gasteiger partial charge in [-0.1, -0.05) is 12.1 Å². The monoisotopic (exact) mass is 521 g/mol. The number of fused-ring (bicyclic) bond motifs is 1. The molecule has 2 heterocycles. The van der Waals surface area contributed by atoms with Crippen molar-refractivity contribution in [1.29, 1.82) is 0 Å². The Morgan fingerprint density at radius 2 is 1.78 bits per heavy atom. The minimum absolute atomic E-state index is 0.0826. The van der Waals surface area contributed by atoms with Crippen molar-refractivity contribution in [1.82, 2.24) is 9.13 Å². The van der Waals surface area contributed by atoms with Gasteiger partial charge < -0.3 is 14.7 Å². The molecule has 0 aliphatic carbocycles. The first-order valence-electron chi connectivity index (χ1n) is 10.7. The van der Waals surface area contributed by atoms with Crippen LogP contribution in [0.2, 0.25) is 0 Å². The van der Waals surface area contributed by atoms with Crippen molar-refractivity contribution >= 4 is 17.7 Å². The van der Waals surface area contributed by atoms with E-state index in [0.717, 1.165) is 22.9 Å². The topological polar surface area (TPSA) is 111 Å². The van der Waals surface area contributed by atoms with Crippen LogP contribution in [0.3, 0.4) is 0 Å². The quantitative estimate of drug-likeness (QED) is 0.416. The fraction of sp³-hybridized carbons (Fsp3) is 0.250. The number of rotatable bonds is 4. The van der Waals surface area contributed by atoms with E-state index in [1.54, 1.807) is 20.9 Å². The summed E-state index contributed by atoms with van der Waals surface area (Å²) in [5.74, 6) is -2.70. The highest BCUT2D eigenvalue weighted by Crippen LogP contribution is 2.41. The van der Waals surface area contributed by atoms with Gasteiger partial charge in [-0.15, -0.1) is 0 Å². The number of aromatic nitrogens is 2. The van der Waals surface area contributed by atoms with Crippen molar-refractivity contribution in [2.24, 2.45) is 0 Å². The summed E-state index contributed by atoms with van der Waals surface area (Å²) in [6, 6.07) is 6.88. The third-order valence-corrected chi connectivity index (χ3v) is 6.18. The van der Waals surface area contributed by atoms with E-state index >= 15 is 0 Å². The minimum Gasteiger partial charge on any atom is -0.449 e. The Hall–Kier alpha value is -4.42. The Balaban J connectivity index is 1.95. The third-order valence-electron chi connectivity index (χ3n) is 6.18. The summed E-state index contributed by atoms with van der Waals surface area (Å²) in [6.07, 6.45) is -6.25. The summed E-state index contributed by atoms with van der Waals surface area (Å²) in [5.41, 5.74) is -4.70. The van der Waals surface area contributed by atoms with Gasteiger partial charge in [0.05, 0.1) is 29.4 Å². The number of carbonyl (C=O) groups is 2. The lowest BCUT2D eigenvalue weighted by Crippen LogP contribution is -2.40. The number of hydrogen-bond acceptors (Lipinski definition) is 5. The smallest absolute Gasteiger partial charge is 0.449 e. The van der Waals surface area contributed by atoms with Crippen molar-refractivity contribution in [2.75, 3.05) is 11.9 Å². The number of halogens is 4. The van der Waals surface area contributed by atoms with E-state index in [1.807, 2.05) is 0 Å². The fourth-order valence-corrected chi connectivity index (χ4v) is 4.37. The van der Waals surface area contributed by atoms with Gasteiger partial charge in [-0.3, -0.25) is 18.7 Å². The van der Waals surface area contributed by atoms with E-state index in [9.17, 15) is 36.7 Å². The van der Waals surface area contributed by atoms with E-state index in [2.05, 4.69) is 4.74 Å². The molecule has 9 nitrogen and oxygen atoms in total. The highest BCUT2D eigenvalue weighted by molar-refractivity contribution is 6.07. The minimum atomic E-state index is -5.14. The summed E-state index contributed by atoms with van der Waals surface area (Å²) in [5, 5.41) is 9.04. The molecule has 4 rings (SSSR count). The molecule has 0 radical (unpaired) electrons. The van der Waals surface area contributed by atoms with Crippen LogP contribution in [0.25, 0.3) is 5.69 Å². The van der Waals surface area contributed by atoms with E-state index in [1.165, 1.54) is 23.1 Å². The first-order chi connectivity index (χ1) is 17.1. The van der Waals surface area contributed by atoms with E-state index in [0.29, 0.717) is 21.9 Å². The molecule has 0 fully saturated rings. The molecule has 0 saturated heterocycles. The standard InChI is InChI=1S/C24H19F4N3O6/c1-23(2)14-9-13(7-8-16(14)29(3)20(23)33)30-11-17(37-22(35)36)19(32)31(21(30)34)10-12-5-4-6-15(25)18(12)24(26,27)28/h4-9,11H,10H2,1-3H3,(H,35,36). The van der Waals surface area contributed by atoms with Gasteiger partial charge in [0.1, 0.15) is 5.82 Å². The molecule has 0 spiro atoms. The second-order valence-corrected chi connectivity index (χ2v) is 8.87. The summed E-state index contributed by atoms with van der Waals surface area (Å²) in [4.78, 5) is 51.4. The molecule has 2 aromatic carbocycles. The molecule has 1 aliphatic rings. The average Bonchev–Trinajstić information content (AvgIpc) is 2.97. The lowest BCUT2D eigenvalue weighted by atomic mass is 9.86. The maximum atomic E-state index is 14.1. The number of ether oxygens (including phenoxy) is 1. The van der Waals surface area contributed by atoms with Crippen LogP contribution in [-0.4, -0.2) is 33.4 Å². The van der Waals surface area contributed by atoms with Crippen LogP contribution >= 0.6 is 0 Å². The second-order valence-electron chi connectivity index (χ2n) is 8.87. The van der Waals surface area contributed by atoms with E-state index in [-0.39, 0.29) is 11.6 Å². The number of likely N-dealkylation sites (N-methyl/N-ethyl adjacent to an activating group) is 1. The number of hydrogen-bond donors (Lipinski definition) is 1. The number of carboxylic acid groups (broad SMARTS) is 1. The molecule has 1 amide bonds. The Bertz CT molecular complexity index is 1570. The van der Waals surface area contributed by atoms with Crippen molar-refractivity contribution in [2.45, 2.75) is 32.0 Å². The maximum absolute atomic E-state index is 14.1. The summed E-state index contributed by atoms with van der Waals surface area (Å²) in [7, 11) is 1.57. The maximum Gasteiger partial charge on any atom is 0.511 e. The molecule has 0 unspecified atom stereocenters. The van der Waals surface area contributed by atoms with Crippen LogP contribution in [-0.2, 0) is 22.9 Å². The lowest BCUT2D eigenvalue weighted by Gasteiger charge is -2.18. The first-order valence-corrected chi connectivity index (χ1v) is 10.7. The Morgan fingerprint density at radius 1 is 1.11 bits per heavy atom. The highest BCUT2D eigenvalue weighted by atomic mass is 19.4. The lowest BCUT2D eigenvalue weighted by molar-refractivity contribution is -0.140.